The number of aliphatic hydroxyl groups is 1. The molecule has 0 saturated carbocycles. The van der Waals surface area contributed by atoms with E-state index in [0.29, 0.717) is 0 Å². The van der Waals surface area contributed by atoms with E-state index in [4.69, 9.17) is 4.42 Å². The predicted molar refractivity (Wildman–Crippen MR) is 43.3 cm³/mol. The molecule has 0 unspecified atom stereocenters. The number of rotatable bonds is 4. The van der Waals surface area contributed by atoms with Crippen LogP contribution in [0, 0.1) is 0 Å². The normalized spacial score (nSPS) is 13.3. The number of aryl methyl sites for hydroxylation is 1. The molecule has 1 atom stereocenters. The fourth-order valence-electron chi connectivity index (χ4n) is 0.968. The standard InChI is InChI=1S/C9H14O2/c1-2-8(10)5-6-9-4-3-7-11-9/h3-4,7-8,10H,2,5-6H2,1H3/t8-/m1/s1. The summed E-state index contributed by atoms with van der Waals surface area (Å²) >= 11 is 0. The van der Waals surface area contributed by atoms with Gasteiger partial charge in [-0.25, -0.2) is 0 Å². The van der Waals surface area contributed by atoms with E-state index in [-0.39, 0.29) is 6.10 Å². The second kappa shape index (κ2) is 4.19. The maximum atomic E-state index is 9.22. The Hall–Kier alpha value is -0.760. The molecular formula is C9H14O2. The summed E-state index contributed by atoms with van der Waals surface area (Å²) in [6, 6.07) is 3.80. The third-order valence-corrected chi connectivity index (χ3v) is 1.78. The van der Waals surface area contributed by atoms with E-state index in [1.54, 1.807) is 6.26 Å². The molecule has 2 heteroatoms. The van der Waals surface area contributed by atoms with Crippen LogP contribution in [0.4, 0.5) is 0 Å². The molecule has 0 radical (unpaired) electrons. The van der Waals surface area contributed by atoms with Crippen molar-refractivity contribution in [2.75, 3.05) is 0 Å². The van der Waals surface area contributed by atoms with Gasteiger partial charge in [0, 0.05) is 6.42 Å². The Labute approximate surface area is 66.8 Å². The van der Waals surface area contributed by atoms with Gasteiger partial charge in [0.1, 0.15) is 5.76 Å². The van der Waals surface area contributed by atoms with Gasteiger partial charge in [-0.3, -0.25) is 0 Å². The van der Waals surface area contributed by atoms with Gasteiger partial charge in [0.25, 0.3) is 0 Å². The zero-order valence-corrected chi connectivity index (χ0v) is 6.79. The Morgan fingerprint density at radius 3 is 3.00 bits per heavy atom. The molecule has 1 heterocycles. The number of hydrogen-bond acceptors (Lipinski definition) is 2. The monoisotopic (exact) mass is 154 g/mol. The average molecular weight is 154 g/mol. The molecule has 0 fully saturated rings. The van der Waals surface area contributed by atoms with Crippen LogP contribution >= 0.6 is 0 Å². The smallest absolute Gasteiger partial charge is 0.103 e. The molecule has 1 N–H and O–H groups in total. The van der Waals surface area contributed by atoms with E-state index in [0.717, 1.165) is 25.0 Å². The van der Waals surface area contributed by atoms with Gasteiger partial charge in [-0.1, -0.05) is 6.92 Å². The first kappa shape index (κ1) is 8.34. The van der Waals surface area contributed by atoms with Gasteiger partial charge >= 0.3 is 0 Å². The number of hydrogen-bond donors (Lipinski definition) is 1. The topological polar surface area (TPSA) is 33.4 Å². The maximum absolute atomic E-state index is 9.22. The maximum Gasteiger partial charge on any atom is 0.103 e. The van der Waals surface area contributed by atoms with Gasteiger partial charge < -0.3 is 9.52 Å². The van der Waals surface area contributed by atoms with Gasteiger partial charge in [-0.15, -0.1) is 0 Å². The molecule has 1 aromatic rings. The van der Waals surface area contributed by atoms with Crippen molar-refractivity contribution < 1.29 is 9.52 Å². The van der Waals surface area contributed by atoms with Crippen LogP contribution in [0.15, 0.2) is 22.8 Å². The van der Waals surface area contributed by atoms with Crippen molar-refractivity contribution in [2.24, 2.45) is 0 Å². The molecule has 0 saturated heterocycles. The van der Waals surface area contributed by atoms with Crippen LogP contribution in [0.1, 0.15) is 25.5 Å². The molecule has 62 valence electrons. The molecule has 2 nitrogen and oxygen atoms in total. The molecule has 1 aromatic heterocycles. The summed E-state index contributed by atoms with van der Waals surface area (Å²) in [5.41, 5.74) is 0. The van der Waals surface area contributed by atoms with Crippen molar-refractivity contribution in [3.05, 3.63) is 24.2 Å². The summed E-state index contributed by atoms with van der Waals surface area (Å²) in [5, 5.41) is 9.22. The van der Waals surface area contributed by atoms with Crippen molar-refractivity contribution in [3.8, 4) is 0 Å². The van der Waals surface area contributed by atoms with E-state index in [1.807, 2.05) is 19.1 Å². The molecule has 0 aromatic carbocycles. The van der Waals surface area contributed by atoms with E-state index < -0.39 is 0 Å². The quantitative estimate of drug-likeness (QED) is 0.719. The highest BCUT2D eigenvalue weighted by Gasteiger charge is 2.02. The summed E-state index contributed by atoms with van der Waals surface area (Å²) in [6.45, 7) is 1.98. The summed E-state index contributed by atoms with van der Waals surface area (Å²) < 4.78 is 5.12. The fraction of sp³-hybridized carbons (Fsp3) is 0.556. The Kier molecular flexibility index (Phi) is 3.17. The van der Waals surface area contributed by atoms with Gasteiger partial charge in [-0.05, 0) is 25.0 Å². The van der Waals surface area contributed by atoms with E-state index in [2.05, 4.69) is 0 Å². The molecule has 0 bridgehead atoms. The van der Waals surface area contributed by atoms with Crippen LogP contribution in [0.2, 0.25) is 0 Å². The number of furan rings is 1. The van der Waals surface area contributed by atoms with Gasteiger partial charge in [0.15, 0.2) is 0 Å². The Bertz CT molecular complexity index is 179. The summed E-state index contributed by atoms with van der Waals surface area (Å²) in [5.74, 6) is 0.956. The molecule has 0 aliphatic carbocycles. The first-order valence-electron chi connectivity index (χ1n) is 4.03. The lowest BCUT2D eigenvalue weighted by atomic mass is 10.1. The third-order valence-electron chi connectivity index (χ3n) is 1.78. The van der Waals surface area contributed by atoms with Gasteiger partial charge in [0.2, 0.25) is 0 Å². The zero-order chi connectivity index (χ0) is 8.10. The summed E-state index contributed by atoms with van der Waals surface area (Å²) in [4.78, 5) is 0. The molecular weight excluding hydrogens is 140 g/mol. The highest BCUT2D eigenvalue weighted by molar-refractivity contribution is 4.98. The predicted octanol–water partition coefficient (Wildman–Crippen LogP) is 1.98. The van der Waals surface area contributed by atoms with Crippen molar-refractivity contribution in [1.29, 1.82) is 0 Å². The van der Waals surface area contributed by atoms with E-state index in [1.165, 1.54) is 0 Å². The average Bonchev–Trinajstić information content (AvgIpc) is 2.52. The lowest BCUT2D eigenvalue weighted by Crippen LogP contribution is -2.04. The minimum absolute atomic E-state index is 0.180. The molecule has 11 heavy (non-hydrogen) atoms. The third kappa shape index (κ3) is 2.76. The number of aliphatic hydroxyl groups excluding tert-OH is 1. The Morgan fingerprint density at radius 2 is 2.45 bits per heavy atom. The van der Waals surface area contributed by atoms with Crippen LogP contribution in [0.25, 0.3) is 0 Å². The molecule has 0 aliphatic rings. The minimum atomic E-state index is -0.180. The van der Waals surface area contributed by atoms with Crippen molar-refractivity contribution >= 4 is 0 Å². The lowest BCUT2D eigenvalue weighted by Gasteiger charge is -2.04. The highest BCUT2D eigenvalue weighted by atomic mass is 16.3. The molecule has 0 aliphatic heterocycles. The second-order valence-electron chi connectivity index (χ2n) is 2.68. The van der Waals surface area contributed by atoms with Crippen molar-refractivity contribution in [3.63, 3.8) is 0 Å². The summed E-state index contributed by atoms with van der Waals surface area (Å²) in [7, 11) is 0. The largest absolute Gasteiger partial charge is 0.469 e. The SMILES string of the molecule is CC[C@@H](O)CCc1ccco1. The summed E-state index contributed by atoms with van der Waals surface area (Å²) in [6.07, 6.45) is 3.93. The van der Waals surface area contributed by atoms with Crippen LogP contribution in [-0.2, 0) is 6.42 Å². The van der Waals surface area contributed by atoms with Crippen LogP contribution < -0.4 is 0 Å². The van der Waals surface area contributed by atoms with Crippen LogP contribution in [0.3, 0.4) is 0 Å². The van der Waals surface area contributed by atoms with E-state index in [9.17, 15) is 5.11 Å². The highest BCUT2D eigenvalue weighted by Crippen LogP contribution is 2.06. The fourth-order valence-corrected chi connectivity index (χ4v) is 0.968. The van der Waals surface area contributed by atoms with Gasteiger partial charge in [-0.2, -0.15) is 0 Å². The van der Waals surface area contributed by atoms with E-state index >= 15 is 0 Å². The zero-order valence-electron chi connectivity index (χ0n) is 6.79. The molecule has 1 rings (SSSR count). The second-order valence-corrected chi connectivity index (χ2v) is 2.68. The lowest BCUT2D eigenvalue weighted by molar-refractivity contribution is 0.158. The Balaban J connectivity index is 2.23. The van der Waals surface area contributed by atoms with Crippen molar-refractivity contribution in [1.82, 2.24) is 0 Å². The van der Waals surface area contributed by atoms with Crippen LogP contribution in [-0.4, -0.2) is 11.2 Å². The first-order valence-corrected chi connectivity index (χ1v) is 4.03. The molecule has 0 spiro atoms. The minimum Gasteiger partial charge on any atom is -0.469 e. The molecule has 0 amide bonds. The van der Waals surface area contributed by atoms with Gasteiger partial charge in [0.05, 0.1) is 12.4 Å². The van der Waals surface area contributed by atoms with Crippen LogP contribution in [0.5, 0.6) is 0 Å². The Morgan fingerprint density at radius 1 is 1.64 bits per heavy atom. The first-order chi connectivity index (χ1) is 5.33. The van der Waals surface area contributed by atoms with Crippen molar-refractivity contribution in [2.45, 2.75) is 32.3 Å².